The summed E-state index contributed by atoms with van der Waals surface area (Å²) in [7, 11) is 0. The average Bonchev–Trinajstić information content (AvgIpc) is 2.85. The van der Waals surface area contributed by atoms with Crippen molar-refractivity contribution in [1.82, 2.24) is 14.7 Å². The van der Waals surface area contributed by atoms with Crippen molar-refractivity contribution in [1.29, 1.82) is 0 Å². The van der Waals surface area contributed by atoms with Crippen molar-refractivity contribution in [2.75, 3.05) is 19.7 Å². The molecule has 3 rings (SSSR count). The van der Waals surface area contributed by atoms with Gasteiger partial charge < -0.3 is 5.11 Å². The summed E-state index contributed by atoms with van der Waals surface area (Å²) < 4.78 is 2.09. The van der Waals surface area contributed by atoms with Crippen molar-refractivity contribution in [3.05, 3.63) is 51.8 Å². The van der Waals surface area contributed by atoms with E-state index in [4.69, 9.17) is 16.7 Å². The zero-order valence-corrected chi connectivity index (χ0v) is 15.3. The predicted octanol–water partition coefficient (Wildman–Crippen LogP) is 3.41. The molecule has 0 saturated carbocycles. The summed E-state index contributed by atoms with van der Waals surface area (Å²) in [6, 6.07) is 7.96. The Labute approximate surface area is 149 Å². The number of aliphatic hydroxyl groups is 1. The third-order valence-corrected chi connectivity index (χ3v) is 5.38. The van der Waals surface area contributed by atoms with Crippen LogP contribution in [0.1, 0.15) is 35.4 Å². The van der Waals surface area contributed by atoms with Gasteiger partial charge in [-0.3, -0.25) is 9.58 Å². The lowest BCUT2D eigenvalue weighted by Gasteiger charge is -2.31. The number of aliphatic hydroxyl groups excluding tert-OH is 1. The molecule has 0 unspecified atom stereocenters. The molecule has 1 saturated heterocycles. The van der Waals surface area contributed by atoms with Gasteiger partial charge in [-0.25, -0.2) is 0 Å². The predicted molar refractivity (Wildman–Crippen MR) is 97.3 cm³/mol. The molecule has 0 bridgehead atoms. The Kier molecular flexibility index (Phi) is 5.59. The molecule has 2 heterocycles. The molecule has 130 valence electrons. The topological polar surface area (TPSA) is 41.3 Å². The molecule has 1 N–H and O–H groups in total. The Morgan fingerprint density at radius 1 is 1.12 bits per heavy atom. The van der Waals surface area contributed by atoms with E-state index in [-0.39, 0.29) is 0 Å². The van der Waals surface area contributed by atoms with Crippen LogP contribution in [0.5, 0.6) is 0 Å². The fourth-order valence-corrected chi connectivity index (χ4v) is 3.56. The molecule has 1 aromatic carbocycles. The quantitative estimate of drug-likeness (QED) is 0.901. The summed E-state index contributed by atoms with van der Waals surface area (Å²) in [5.41, 5.74) is 4.91. The molecule has 0 amide bonds. The maximum absolute atomic E-state index is 9.28. The number of hydrogen-bond acceptors (Lipinski definition) is 3. The largest absolute Gasteiger partial charge is 0.396 e. The van der Waals surface area contributed by atoms with Crippen molar-refractivity contribution in [3.63, 3.8) is 0 Å². The van der Waals surface area contributed by atoms with E-state index in [1.54, 1.807) is 0 Å². The second-order valence-electron chi connectivity index (χ2n) is 6.84. The van der Waals surface area contributed by atoms with E-state index in [0.29, 0.717) is 12.5 Å². The third-order valence-electron chi connectivity index (χ3n) is 5.12. The molecule has 0 atom stereocenters. The van der Waals surface area contributed by atoms with Crippen LogP contribution in [0.3, 0.4) is 0 Å². The number of hydrogen-bond donors (Lipinski definition) is 1. The molecule has 1 aliphatic heterocycles. The maximum Gasteiger partial charge on any atom is 0.0662 e. The molecular weight excluding hydrogens is 322 g/mol. The van der Waals surface area contributed by atoms with Crippen LogP contribution >= 0.6 is 11.6 Å². The first-order chi connectivity index (χ1) is 11.6. The summed E-state index contributed by atoms with van der Waals surface area (Å²) in [5.74, 6) is 0.482. The molecule has 5 heteroatoms. The second kappa shape index (κ2) is 7.68. The molecule has 4 nitrogen and oxygen atoms in total. The Morgan fingerprint density at radius 3 is 2.42 bits per heavy atom. The Morgan fingerprint density at radius 2 is 1.79 bits per heavy atom. The van der Waals surface area contributed by atoms with Crippen LogP contribution in [-0.4, -0.2) is 39.5 Å². The van der Waals surface area contributed by atoms with E-state index in [0.717, 1.165) is 49.7 Å². The van der Waals surface area contributed by atoms with E-state index < -0.39 is 0 Å². The van der Waals surface area contributed by atoms with Crippen LogP contribution in [0.25, 0.3) is 0 Å². The molecule has 1 aliphatic rings. The zero-order valence-electron chi connectivity index (χ0n) is 14.5. The molecule has 0 radical (unpaired) electrons. The van der Waals surface area contributed by atoms with Crippen LogP contribution in [0.15, 0.2) is 24.3 Å². The fraction of sp³-hybridized carbons (Fsp3) is 0.526. The number of benzene rings is 1. The number of halogens is 1. The SMILES string of the molecule is Cc1nn(Cc2ccc(Cl)cc2)c(C)c1CN1CCC(CO)CC1. The summed E-state index contributed by atoms with van der Waals surface area (Å²) in [6.45, 7) is 8.43. The minimum Gasteiger partial charge on any atom is -0.396 e. The van der Waals surface area contributed by atoms with Crippen molar-refractivity contribution in [3.8, 4) is 0 Å². The first-order valence-corrected chi connectivity index (χ1v) is 9.05. The number of aromatic nitrogens is 2. The lowest BCUT2D eigenvalue weighted by molar-refractivity contribution is 0.127. The Balaban J connectivity index is 1.69. The lowest BCUT2D eigenvalue weighted by Crippen LogP contribution is -2.34. The van der Waals surface area contributed by atoms with E-state index in [1.807, 2.05) is 12.1 Å². The van der Waals surface area contributed by atoms with Gasteiger partial charge in [0.05, 0.1) is 12.2 Å². The van der Waals surface area contributed by atoms with Gasteiger partial charge in [0.25, 0.3) is 0 Å². The number of piperidine rings is 1. The number of nitrogens with zero attached hydrogens (tertiary/aromatic N) is 3. The van der Waals surface area contributed by atoms with E-state index in [1.165, 1.54) is 16.8 Å². The molecule has 1 fully saturated rings. The van der Waals surface area contributed by atoms with Crippen molar-refractivity contribution < 1.29 is 5.11 Å². The summed E-state index contributed by atoms with van der Waals surface area (Å²) in [6.07, 6.45) is 2.18. The van der Waals surface area contributed by atoms with E-state index in [9.17, 15) is 5.11 Å². The van der Waals surface area contributed by atoms with Gasteiger partial charge in [-0.2, -0.15) is 5.10 Å². The molecule has 0 spiro atoms. The van der Waals surface area contributed by atoms with Crippen LogP contribution in [0, 0.1) is 19.8 Å². The smallest absolute Gasteiger partial charge is 0.0662 e. The van der Waals surface area contributed by atoms with Gasteiger partial charge in [0.1, 0.15) is 0 Å². The first-order valence-electron chi connectivity index (χ1n) is 8.67. The normalized spacial score (nSPS) is 16.7. The minimum atomic E-state index is 0.324. The van der Waals surface area contributed by atoms with Gasteiger partial charge in [-0.15, -0.1) is 0 Å². The van der Waals surface area contributed by atoms with Gasteiger partial charge in [0.15, 0.2) is 0 Å². The monoisotopic (exact) mass is 347 g/mol. The van der Waals surface area contributed by atoms with Crippen LogP contribution in [-0.2, 0) is 13.1 Å². The van der Waals surface area contributed by atoms with E-state index >= 15 is 0 Å². The van der Waals surface area contributed by atoms with Crippen molar-refractivity contribution >= 4 is 11.6 Å². The standard InChI is InChI=1S/C19H26ClN3O/c1-14-19(12-22-9-7-17(13-24)8-10-22)15(2)23(21-14)11-16-3-5-18(20)6-4-16/h3-6,17,24H,7-13H2,1-2H3. The average molecular weight is 348 g/mol. The maximum atomic E-state index is 9.28. The lowest BCUT2D eigenvalue weighted by atomic mass is 9.97. The highest BCUT2D eigenvalue weighted by Crippen LogP contribution is 2.22. The van der Waals surface area contributed by atoms with Gasteiger partial charge >= 0.3 is 0 Å². The minimum absolute atomic E-state index is 0.324. The second-order valence-corrected chi connectivity index (χ2v) is 7.27. The first kappa shape index (κ1) is 17.5. The van der Waals surface area contributed by atoms with Crippen LogP contribution in [0.4, 0.5) is 0 Å². The van der Waals surface area contributed by atoms with Crippen molar-refractivity contribution in [2.24, 2.45) is 5.92 Å². The summed E-state index contributed by atoms with van der Waals surface area (Å²) in [5, 5.41) is 14.8. The molecule has 1 aromatic heterocycles. The van der Waals surface area contributed by atoms with Gasteiger partial charge in [-0.05, 0) is 63.4 Å². The third kappa shape index (κ3) is 4.00. The Hall–Kier alpha value is -1.36. The zero-order chi connectivity index (χ0) is 17.1. The van der Waals surface area contributed by atoms with Crippen LogP contribution in [0.2, 0.25) is 5.02 Å². The highest BCUT2D eigenvalue weighted by molar-refractivity contribution is 6.30. The number of likely N-dealkylation sites (tertiary alicyclic amines) is 1. The van der Waals surface area contributed by atoms with Gasteiger partial charge in [0.2, 0.25) is 0 Å². The number of aryl methyl sites for hydroxylation is 1. The van der Waals surface area contributed by atoms with Crippen molar-refractivity contribution in [2.45, 2.75) is 39.8 Å². The Bertz CT molecular complexity index is 673. The highest BCUT2D eigenvalue weighted by atomic mass is 35.5. The molecule has 24 heavy (non-hydrogen) atoms. The fourth-order valence-electron chi connectivity index (χ4n) is 3.43. The van der Waals surface area contributed by atoms with E-state index in [2.05, 4.69) is 35.6 Å². The molecule has 0 aliphatic carbocycles. The summed E-state index contributed by atoms with van der Waals surface area (Å²) >= 11 is 5.96. The van der Waals surface area contributed by atoms with Gasteiger partial charge in [0, 0.05) is 29.4 Å². The number of rotatable bonds is 5. The molecule has 2 aromatic rings. The molecular formula is C19H26ClN3O. The summed E-state index contributed by atoms with van der Waals surface area (Å²) in [4.78, 5) is 2.48. The highest BCUT2D eigenvalue weighted by Gasteiger charge is 2.21. The van der Waals surface area contributed by atoms with Crippen LogP contribution < -0.4 is 0 Å². The van der Waals surface area contributed by atoms with Gasteiger partial charge in [-0.1, -0.05) is 23.7 Å².